The molecule has 2 heteroatoms. The van der Waals surface area contributed by atoms with E-state index < -0.39 is 0 Å². The molecule has 1 atom stereocenters. The molecule has 1 aromatic carbocycles. The van der Waals surface area contributed by atoms with Gasteiger partial charge in [-0.15, -0.1) is 0 Å². The zero-order valence-corrected chi connectivity index (χ0v) is 10.5. The number of anilines is 1. The van der Waals surface area contributed by atoms with Gasteiger partial charge in [-0.25, -0.2) is 0 Å². The van der Waals surface area contributed by atoms with E-state index in [1.165, 1.54) is 43.4 Å². The topological polar surface area (TPSA) is 21.3 Å². The van der Waals surface area contributed by atoms with Gasteiger partial charge < -0.3 is 10.1 Å². The molecule has 1 unspecified atom stereocenters. The lowest BCUT2D eigenvalue weighted by Crippen LogP contribution is -2.20. The largest absolute Gasteiger partial charge is 0.490 e. The van der Waals surface area contributed by atoms with Crippen LogP contribution < -0.4 is 10.1 Å². The molecular formula is C15H21NO. The smallest absolute Gasteiger partial charge is 0.125 e. The molecule has 1 aromatic rings. The molecule has 0 aromatic heterocycles. The molecule has 3 rings (SSSR count). The van der Waals surface area contributed by atoms with Gasteiger partial charge in [0.05, 0.1) is 6.10 Å². The van der Waals surface area contributed by atoms with Crippen LogP contribution in [0.4, 0.5) is 5.69 Å². The van der Waals surface area contributed by atoms with Crippen LogP contribution in [-0.2, 0) is 0 Å². The van der Waals surface area contributed by atoms with Crippen LogP contribution in [-0.4, -0.2) is 12.6 Å². The second kappa shape index (κ2) is 4.59. The molecule has 1 fully saturated rings. The molecule has 0 bridgehead atoms. The molecule has 92 valence electrons. The van der Waals surface area contributed by atoms with E-state index in [1.54, 1.807) is 0 Å². The number of rotatable bonds is 2. The fourth-order valence-corrected chi connectivity index (χ4v) is 3.04. The van der Waals surface area contributed by atoms with Crippen molar-refractivity contribution in [2.24, 2.45) is 0 Å². The first kappa shape index (κ1) is 10.9. The molecular weight excluding hydrogens is 210 g/mol. The van der Waals surface area contributed by atoms with Crippen LogP contribution in [0.1, 0.15) is 50.5 Å². The molecule has 2 aliphatic rings. The summed E-state index contributed by atoms with van der Waals surface area (Å²) >= 11 is 0. The standard InChI is InChI=1S/C15H21NO/c1-11-10-16-13-8-5-9-14(15(11)13)17-12-6-3-2-4-7-12/h5,8-9,11-12,16H,2-4,6-7,10H2,1H3. The molecule has 0 amide bonds. The zero-order chi connectivity index (χ0) is 11.7. The summed E-state index contributed by atoms with van der Waals surface area (Å²) in [6, 6.07) is 6.39. The van der Waals surface area contributed by atoms with Crippen molar-refractivity contribution >= 4 is 5.69 Å². The molecule has 17 heavy (non-hydrogen) atoms. The third-order valence-electron chi connectivity index (χ3n) is 4.00. The minimum Gasteiger partial charge on any atom is -0.490 e. The van der Waals surface area contributed by atoms with E-state index in [0.29, 0.717) is 12.0 Å². The number of hydrogen-bond donors (Lipinski definition) is 1. The summed E-state index contributed by atoms with van der Waals surface area (Å²) in [7, 11) is 0. The van der Waals surface area contributed by atoms with Crippen LogP contribution in [0.2, 0.25) is 0 Å². The van der Waals surface area contributed by atoms with Gasteiger partial charge in [-0.3, -0.25) is 0 Å². The molecule has 1 saturated carbocycles. The summed E-state index contributed by atoms with van der Waals surface area (Å²) in [4.78, 5) is 0. The second-order valence-electron chi connectivity index (χ2n) is 5.38. The molecule has 0 saturated heterocycles. The lowest BCUT2D eigenvalue weighted by Gasteiger charge is -2.24. The predicted octanol–water partition coefficient (Wildman–Crippen LogP) is 3.93. The zero-order valence-electron chi connectivity index (χ0n) is 10.5. The highest BCUT2D eigenvalue weighted by atomic mass is 16.5. The second-order valence-corrected chi connectivity index (χ2v) is 5.38. The number of fused-ring (bicyclic) bond motifs is 1. The van der Waals surface area contributed by atoms with E-state index in [-0.39, 0.29) is 0 Å². The van der Waals surface area contributed by atoms with Gasteiger partial charge in [-0.1, -0.05) is 19.4 Å². The van der Waals surface area contributed by atoms with Crippen molar-refractivity contribution in [3.8, 4) is 5.75 Å². The molecule has 1 aliphatic carbocycles. The first-order chi connectivity index (χ1) is 8.34. The van der Waals surface area contributed by atoms with Gasteiger partial charge in [0.1, 0.15) is 5.75 Å². The van der Waals surface area contributed by atoms with Gasteiger partial charge in [0.15, 0.2) is 0 Å². The Kier molecular flexibility index (Phi) is 2.96. The summed E-state index contributed by atoms with van der Waals surface area (Å²) in [5.74, 6) is 1.69. The fourth-order valence-electron chi connectivity index (χ4n) is 3.04. The van der Waals surface area contributed by atoms with Crippen molar-refractivity contribution in [1.82, 2.24) is 0 Å². The Morgan fingerprint density at radius 2 is 2.00 bits per heavy atom. The molecule has 0 radical (unpaired) electrons. The van der Waals surface area contributed by atoms with Crippen LogP contribution in [0.5, 0.6) is 5.75 Å². The van der Waals surface area contributed by atoms with Crippen molar-refractivity contribution in [2.45, 2.75) is 51.0 Å². The van der Waals surface area contributed by atoms with E-state index in [0.717, 1.165) is 12.3 Å². The molecule has 1 N–H and O–H groups in total. The number of hydrogen-bond acceptors (Lipinski definition) is 2. The van der Waals surface area contributed by atoms with Gasteiger partial charge in [0.2, 0.25) is 0 Å². The number of ether oxygens (including phenoxy) is 1. The van der Waals surface area contributed by atoms with Crippen LogP contribution in [0, 0.1) is 0 Å². The summed E-state index contributed by atoms with van der Waals surface area (Å²) < 4.78 is 6.23. The van der Waals surface area contributed by atoms with Crippen LogP contribution in [0.3, 0.4) is 0 Å². The van der Waals surface area contributed by atoms with Crippen LogP contribution in [0.15, 0.2) is 18.2 Å². The monoisotopic (exact) mass is 231 g/mol. The van der Waals surface area contributed by atoms with E-state index >= 15 is 0 Å². The van der Waals surface area contributed by atoms with Crippen molar-refractivity contribution in [3.05, 3.63) is 23.8 Å². The summed E-state index contributed by atoms with van der Waals surface area (Å²) in [5.41, 5.74) is 2.66. The van der Waals surface area contributed by atoms with Gasteiger partial charge in [0.25, 0.3) is 0 Å². The Morgan fingerprint density at radius 3 is 2.82 bits per heavy atom. The van der Waals surface area contributed by atoms with E-state index in [9.17, 15) is 0 Å². The predicted molar refractivity (Wildman–Crippen MR) is 70.8 cm³/mol. The average molecular weight is 231 g/mol. The third-order valence-corrected chi connectivity index (χ3v) is 4.00. The van der Waals surface area contributed by atoms with E-state index in [2.05, 4.69) is 30.4 Å². The van der Waals surface area contributed by atoms with Crippen molar-refractivity contribution < 1.29 is 4.74 Å². The van der Waals surface area contributed by atoms with Gasteiger partial charge in [0, 0.05) is 23.7 Å². The highest BCUT2D eigenvalue weighted by Crippen LogP contribution is 2.39. The lowest BCUT2D eigenvalue weighted by atomic mass is 9.97. The quantitative estimate of drug-likeness (QED) is 0.832. The Morgan fingerprint density at radius 1 is 1.18 bits per heavy atom. The van der Waals surface area contributed by atoms with E-state index in [4.69, 9.17) is 4.74 Å². The maximum absolute atomic E-state index is 6.23. The molecule has 1 aliphatic heterocycles. The van der Waals surface area contributed by atoms with Crippen molar-refractivity contribution in [1.29, 1.82) is 0 Å². The SMILES string of the molecule is CC1CNc2cccc(OC3CCCCC3)c21. The minimum atomic E-state index is 0.447. The molecule has 2 nitrogen and oxygen atoms in total. The summed E-state index contributed by atoms with van der Waals surface area (Å²) in [5, 5.41) is 3.45. The van der Waals surface area contributed by atoms with Crippen molar-refractivity contribution in [2.75, 3.05) is 11.9 Å². The highest BCUT2D eigenvalue weighted by Gasteiger charge is 2.24. The number of benzene rings is 1. The number of nitrogens with one attached hydrogen (secondary N) is 1. The van der Waals surface area contributed by atoms with Crippen LogP contribution >= 0.6 is 0 Å². The van der Waals surface area contributed by atoms with Crippen molar-refractivity contribution in [3.63, 3.8) is 0 Å². The summed E-state index contributed by atoms with van der Waals surface area (Å²) in [6.07, 6.45) is 6.94. The maximum Gasteiger partial charge on any atom is 0.125 e. The normalized spacial score (nSPS) is 24.2. The van der Waals surface area contributed by atoms with Gasteiger partial charge in [-0.2, -0.15) is 0 Å². The Balaban J connectivity index is 1.81. The maximum atomic E-state index is 6.23. The van der Waals surface area contributed by atoms with Gasteiger partial charge in [-0.05, 0) is 37.8 Å². The first-order valence-electron chi connectivity index (χ1n) is 6.88. The molecule has 0 spiro atoms. The van der Waals surface area contributed by atoms with Crippen LogP contribution in [0.25, 0.3) is 0 Å². The molecule has 1 heterocycles. The van der Waals surface area contributed by atoms with Gasteiger partial charge >= 0.3 is 0 Å². The Labute approximate surface area is 103 Å². The average Bonchev–Trinajstić information content (AvgIpc) is 2.74. The van der Waals surface area contributed by atoms with E-state index in [1.807, 2.05) is 0 Å². The Bertz CT molecular complexity index is 396. The fraction of sp³-hybridized carbons (Fsp3) is 0.600. The minimum absolute atomic E-state index is 0.447. The highest BCUT2D eigenvalue weighted by molar-refractivity contribution is 5.63. The third kappa shape index (κ3) is 2.13. The lowest BCUT2D eigenvalue weighted by molar-refractivity contribution is 0.153. The summed E-state index contributed by atoms with van der Waals surface area (Å²) in [6.45, 7) is 3.31. The Hall–Kier alpha value is -1.18. The first-order valence-corrected chi connectivity index (χ1v) is 6.88.